The Morgan fingerprint density at radius 3 is 2.55 bits per heavy atom. The number of benzene rings is 1. The first-order valence-electron chi connectivity index (χ1n) is 9.40. The van der Waals surface area contributed by atoms with E-state index < -0.39 is 0 Å². The van der Waals surface area contributed by atoms with Crippen LogP contribution in [0.15, 0.2) is 47.1 Å². The van der Waals surface area contributed by atoms with Crippen molar-refractivity contribution in [3.63, 3.8) is 0 Å². The highest BCUT2D eigenvalue weighted by Crippen LogP contribution is 2.41. The molecule has 1 aliphatic rings. The average molecular weight is 430 g/mol. The largest absolute Gasteiger partial charge is 0.492 e. The Labute approximate surface area is 176 Å². The maximum atomic E-state index is 11.0. The van der Waals surface area contributed by atoms with Crippen LogP contribution in [0.5, 0.6) is 5.88 Å². The highest BCUT2D eigenvalue weighted by molar-refractivity contribution is 7.17. The number of hydrogen-bond donors (Lipinski definition) is 1. The maximum Gasteiger partial charge on any atom is 0.230 e. The van der Waals surface area contributed by atoms with E-state index in [0.717, 1.165) is 36.6 Å². The van der Waals surface area contributed by atoms with Gasteiger partial charge >= 0.3 is 0 Å². The molecule has 4 heterocycles. The maximum absolute atomic E-state index is 11.0. The minimum atomic E-state index is -0.0819. The van der Waals surface area contributed by atoms with Gasteiger partial charge in [0.1, 0.15) is 0 Å². The molecule has 29 heavy (non-hydrogen) atoms. The summed E-state index contributed by atoms with van der Waals surface area (Å²) in [6, 6.07) is 11.3. The van der Waals surface area contributed by atoms with E-state index >= 15 is 0 Å². The third-order valence-electron chi connectivity index (χ3n) is 5.28. The van der Waals surface area contributed by atoms with E-state index in [0.29, 0.717) is 21.6 Å². The van der Waals surface area contributed by atoms with Gasteiger partial charge in [0.15, 0.2) is 5.76 Å². The van der Waals surface area contributed by atoms with E-state index in [4.69, 9.17) is 16.0 Å². The van der Waals surface area contributed by atoms with Gasteiger partial charge in [0.05, 0.1) is 17.2 Å². The van der Waals surface area contributed by atoms with Gasteiger partial charge in [0, 0.05) is 31.2 Å². The Kier molecular flexibility index (Phi) is 4.79. The number of likely N-dealkylation sites (N-methyl/N-ethyl adjacent to an activating group) is 1. The molecule has 4 aromatic rings. The van der Waals surface area contributed by atoms with Crippen molar-refractivity contribution >= 4 is 27.9 Å². The summed E-state index contributed by atoms with van der Waals surface area (Å²) in [6.07, 6.45) is 1.58. The third kappa shape index (κ3) is 3.42. The highest BCUT2D eigenvalue weighted by Gasteiger charge is 2.31. The van der Waals surface area contributed by atoms with Crippen LogP contribution >= 0.6 is 22.9 Å². The number of nitrogens with zero attached hydrogens (tertiary/aromatic N) is 5. The molecule has 5 rings (SSSR count). The molecule has 150 valence electrons. The van der Waals surface area contributed by atoms with Gasteiger partial charge < -0.3 is 14.4 Å². The fourth-order valence-corrected chi connectivity index (χ4v) is 4.93. The monoisotopic (exact) mass is 429 g/mol. The first kappa shape index (κ1) is 18.6. The second kappa shape index (κ2) is 7.46. The minimum Gasteiger partial charge on any atom is -0.492 e. The molecule has 0 saturated carbocycles. The number of aromatic hydroxyl groups is 1. The van der Waals surface area contributed by atoms with E-state index in [2.05, 4.69) is 26.9 Å². The molecule has 1 fully saturated rings. The van der Waals surface area contributed by atoms with Crippen LogP contribution in [-0.2, 0) is 0 Å². The second-order valence-electron chi connectivity index (χ2n) is 7.19. The van der Waals surface area contributed by atoms with E-state index in [1.54, 1.807) is 18.4 Å². The van der Waals surface area contributed by atoms with Gasteiger partial charge in [0.25, 0.3) is 0 Å². The number of halogens is 1. The predicted molar refractivity (Wildman–Crippen MR) is 113 cm³/mol. The summed E-state index contributed by atoms with van der Waals surface area (Å²) in [7, 11) is 2.13. The lowest BCUT2D eigenvalue weighted by atomic mass is 10.0. The Morgan fingerprint density at radius 2 is 1.90 bits per heavy atom. The summed E-state index contributed by atoms with van der Waals surface area (Å²) in [5.74, 6) is 1.16. The first-order chi connectivity index (χ1) is 14.1. The van der Waals surface area contributed by atoms with Crippen molar-refractivity contribution in [3.05, 3.63) is 58.1 Å². The van der Waals surface area contributed by atoms with E-state index in [1.807, 2.05) is 24.3 Å². The topological polar surface area (TPSA) is 70.0 Å². The van der Waals surface area contributed by atoms with Crippen LogP contribution in [0.2, 0.25) is 5.02 Å². The summed E-state index contributed by atoms with van der Waals surface area (Å²) >= 11 is 7.56. The molecule has 1 atom stereocenters. The number of fused-ring (bicyclic) bond motifs is 1. The van der Waals surface area contributed by atoms with Crippen molar-refractivity contribution in [2.45, 2.75) is 6.04 Å². The third-order valence-corrected chi connectivity index (χ3v) is 6.60. The van der Waals surface area contributed by atoms with E-state index in [9.17, 15) is 5.11 Å². The van der Waals surface area contributed by atoms with Gasteiger partial charge in [-0.2, -0.15) is 9.50 Å². The Morgan fingerprint density at radius 1 is 1.14 bits per heavy atom. The van der Waals surface area contributed by atoms with Gasteiger partial charge in [0.2, 0.25) is 16.7 Å². The molecule has 9 heteroatoms. The molecular weight excluding hydrogens is 410 g/mol. The number of rotatable bonds is 4. The molecule has 1 aromatic carbocycles. The van der Waals surface area contributed by atoms with Gasteiger partial charge in [-0.1, -0.05) is 35.1 Å². The van der Waals surface area contributed by atoms with Crippen LogP contribution in [0.3, 0.4) is 0 Å². The molecule has 1 saturated heterocycles. The minimum absolute atomic E-state index is 0.0819. The average Bonchev–Trinajstić information content (AvgIpc) is 3.44. The van der Waals surface area contributed by atoms with Crippen LogP contribution in [0.1, 0.15) is 16.5 Å². The lowest BCUT2D eigenvalue weighted by molar-refractivity contribution is 0.127. The fourth-order valence-electron chi connectivity index (χ4n) is 3.69. The van der Waals surface area contributed by atoms with Gasteiger partial charge in [-0.05, 0) is 36.9 Å². The van der Waals surface area contributed by atoms with Crippen LogP contribution in [0, 0.1) is 0 Å². The molecule has 0 unspecified atom stereocenters. The molecule has 7 nitrogen and oxygen atoms in total. The molecule has 3 aromatic heterocycles. The van der Waals surface area contributed by atoms with Crippen molar-refractivity contribution < 1.29 is 9.52 Å². The lowest BCUT2D eigenvalue weighted by Gasteiger charge is -2.37. The predicted octanol–water partition coefficient (Wildman–Crippen LogP) is 3.75. The Balaban J connectivity index is 1.57. The summed E-state index contributed by atoms with van der Waals surface area (Å²) in [6.45, 7) is 3.78. The number of thiazole rings is 1. The van der Waals surface area contributed by atoms with Gasteiger partial charge in [-0.3, -0.25) is 4.90 Å². The van der Waals surface area contributed by atoms with Crippen LogP contribution in [-0.4, -0.2) is 62.7 Å². The smallest absolute Gasteiger partial charge is 0.230 e. The molecule has 0 amide bonds. The lowest BCUT2D eigenvalue weighted by Crippen LogP contribution is -2.46. The highest BCUT2D eigenvalue weighted by atomic mass is 35.5. The normalized spacial score (nSPS) is 17.2. The number of piperazine rings is 1. The van der Waals surface area contributed by atoms with Crippen molar-refractivity contribution in [3.8, 4) is 17.5 Å². The second-order valence-corrected chi connectivity index (χ2v) is 8.64. The van der Waals surface area contributed by atoms with Gasteiger partial charge in [-0.25, -0.2) is 0 Å². The van der Waals surface area contributed by atoms with Crippen LogP contribution in [0.25, 0.3) is 16.5 Å². The fraction of sp³-hybridized carbons (Fsp3) is 0.300. The summed E-state index contributed by atoms with van der Waals surface area (Å²) in [5, 5.41) is 16.2. The standard InChI is InChI=1S/C20H20ClN5O2S/c1-24-8-10-25(11-9-24)16(13-4-6-14(21)7-5-13)17-19(27)26-20(29-17)22-18(23-26)15-3-2-12-28-15/h2-7,12,16,27H,8-11H2,1H3/t16-/m0/s1. The number of furan rings is 1. The van der Waals surface area contributed by atoms with Crippen molar-refractivity contribution in [2.75, 3.05) is 33.2 Å². The van der Waals surface area contributed by atoms with E-state index in [-0.39, 0.29) is 11.9 Å². The quantitative estimate of drug-likeness (QED) is 0.532. The zero-order chi connectivity index (χ0) is 20.0. The molecular formula is C20H20ClN5O2S. The first-order valence-corrected chi connectivity index (χ1v) is 10.6. The molecule has 1 aliphatic heterocycles. The zero-order valence-electron chi connectivity index (χ0n) is 15.8. The van der Waals surface area contributed by atoms with Crippen molar-refractivity contribution in [1.29, 1.82) is 0 Å². The molecule has 0 bridgehead atoms. The molecule has 0 spiro atoms. The SMILES string of the molecule is CN1CCN([C@@H](c2ccc(Cl)cc2)c2sc3nc(-c4ccco4)nn3c2O)CC1. The summed E-state index contributed by atoms with van der Waals surface area (Å²) in [4.78, 5) is 10.7. The van der Waals surface area contributed by atoms with Crippen LogP contribution < -0.4 is 0 Å². The van der Waals surface area contributed by atoms with Crippen LogP contribution in [0.4, 0.5) is 0 Å². The van der Waals surface area contributed by atoms with Crippen molar-refractivity contribution in [2.24, 2.45) is 0 Å². The van der Waals surface area contributed by atoms with E-state index in [1.165, 1.54) is 15.9 Å². The number of aromatic nitrogens is 3. The van der Waals surface area contributed by atoms with Crippen molar-refractivity contribution in [1.82, 2.24) is 24.4 Å². The van der Waals surface area contributed by atoms with Gasteiger partial charge in [-0.15, -0.1) is 5.10 Å². The molecule has 0 aliphatic carbocycles. The summed E-state index contributed by atoms with van der Waals surface area (Å²) < 4.78 is 6.88. The Bertz CT molecular complexity index is 1110. The summed E-state index contributed by atoms with van der Waals surface area (Å²) in [5.41, 5.74) is 1.09. The Hall–Kier alpha value is -2.39. The molecule has 1 N–H and O–H groups in total. The number of hydrogen-bond acceptors (Lipinski definition) is 7. The molecule has 0 radical (unpaired) electrons. The zero-order valence-corrected chi connectivity index (χ0v) is 17.4.